The van der Waals surface area contributed by atoms with Gasteiger partial charge in [0.05, 0.1) is 10.8 Å². The molecule has 1 heterocycles. The SMILES string of the molecule is Cc1cccc(OCCOC(=O)Cn2[nH]c(=O)c3ccccc3c2=O)c1. The molecule has 1 aromatic heterocycles. The molecule has 0 radical (unpaired) electrons. The van der Waals surface area contributed by atoms with Crippen LogP contribution in [-0.2, 0) is 16.1 Å². The quantitative estimate of drug-likeness (QED) is 0.537. The highest BCUT2D eigenvalue weighted by molar-refractivity contribution is 5.80. The second-order valence-corrected chi connectivity index (χ2v) is 5.76. The first kappa shape index (κ1) is 17.5. The van der Waals surface area contributed by atoms with Gasteiger partial charge in [-0.05, 0) is 36.8 Å². The maximum Gasteiger partial charge on any atom is 0.327 e. The Balaban J connectivity index is 1.58. The normalized spacial score (nSPS) is 10.7. The summed E-state index contributed by atoms with van der Waals surface area (Å²) in [5, 5.41) is 2.93. The Morgan fingerprint density at radius 3 is 2.58 bits per heavy atom. The van der Waals surface area contributed by atoms with E-state index in [0.29, 0.717) is 5.75 Å². The molecule has 0 fully saturated rings. The van der Waals surface area contributed by atoms with E-state index < -0.39 is 17.1 Å². The molecule has 3 aromatic rings. The number of aryl methyl sites for hydroxylation is 1. The Bertz CT molecular complexity index is 1050. The number of nitrogens with zero attached hydrogens (tertiary/aromatic N) is 1. The van der Waals surface area contributed by atoms with Crippen LogP contribution in [0.15, 0.2) is 58.1 Å². The molecule has 7 heteroatoms. The molecule has 3 rings (SSSR count). The molecule has 0 aliphatic heterocycles. The van der Waals surface area contributed by atoms with Gasteiger partial charge in [-0.25, -0.2) is 4.68 Å². The average molecular weight is 354 g/mol. The van der Waals surface area contributed by atoms with E-state index in [0.717, 1.165) is 10.2 Å². The number of aromatic nitrogens is 2. The summed E-state index contributed by atoms with van der Waals surface area (Å²) in [7, 11) is 0. The van der Waals surface area contributed by atoms with E-state index in [1.54, 1.807) is 24.3 Å². The summed E-state index contributed by atoms with van der Waals surface area (Å²) >= 11 is 0. The van der Waals surface area contributed by atoms with Crippen LogP contribution >= 0.6 is 0 Å². The Labute approximate surface area is 148 Å². The molecule has 0 unspecified atom stereocenters. The lowest BCUT2D eigenvalue weighted by Crippen LogP contribution is -2.33. The number of carbonyl (C=O) groups excluding carboxylic acids is 1. The molecule has 2 aromatic carbocycles. The molecule has 134 valence electrons. The predicted molar refractivity (Wildman–Crippen MR) is 96.5 cm³/mol. The highest BCUT2D eigenvalue weighted by Crippen LogP contribution is 2.11. The van der Waals surface area contributed by atoms with Gasteiger partial charge in [0.1, 0.15) is 25.5 Å². The number of rotatable bonds is 6. The number of H-pyrrole nitrogens is 1. The maximum atomic E-state index is 12.3. The van der Waals surface area contributed by atoms with Crippen LogP contribution < -0.4 is 15.9 Å². The van der Waals surface area contributed by atoms with Crippen molar-refractivity contribution >= 4 is 16.7 Å². The van der Waals surface area contributed by atoms with Crippen LogP contribution in [0.25, 0.3) is 10.8 Å². The van der Waals surface area contributed by atoms with Crippen molar-refractivity contribution in [2.24, 2.45) is 0 Å². The van der Waals surface area contributed by atoms with Crippen LogP contribution in [0.3, 0.4) is 0 Å². The van der Waals surface area contributed by atoms with Crippen molar-refractivity contribution in [1.29, 1.82) is 0 Å². The Morgan fingerprint density at radius 2 is 1.81 bits per heavy atom. The van der Waals surface area contributed by atoms with Crippen LogP contribution in [0.1, 0.15) is 5.56 Å². The van der Waals surface area contributed by atoms with E-state index in [-0.39, 0.29) is 30.5 Å². The number of esters is 1. The summed E-state index contributed by atoms with van der Waals surface area (Å²) in [6, 6.07) is 14.0. The third kappa shape index (κ3) is 4.00. The van der Waals surface area contributed by atoms with E-state index in [4.69, 9.17) is 9.47 Å². The zero-order valence-corrected chi connectivity index (χ0v) is 14.2. The van der Waals surface area contributed by atoms with Gasteiger partial charge in [0.15, 0.2) is 0 Å². The highest BCUT2D eigenvalue weighted by atomic mass is 16.6. The van der Waals surface area contributed by atoms with Gasteiger partial charge in [-0.1, -0.05) is 24.3 Å². The molecule has 0 atom stereocenters. The van der Waals surface area contributed by atoms with Crippen LogP contribution in [0, 0.1) is 6.92 Å². The lowest BCUT2D eigenvalue weighted by atomic mass is 10.2. The summed E-state index contributed by atoms with van der Waals surface area (Å²) in [5.74, 6) is 0.0574. The fourth-order valence-electron chi connectivity index (χ4n) is 2.55. The lowest BCUT2D eigenvalue weighted by Gasteiger charge is -2.09. The van der Waals surface area contributed by atoms with E-state index >= 15 is 0 Å². The minimum Gasteiger partial charge on any atom is -0.490 e. The number of benzene rings is 2. The zero-order chi connectivity index (χ0) is 18.5. The molecule has 0 aliphatic rings. The zero-order valence-electron chi connectivity index (χ0n) is 14.2. The van der Waals surface area contributed by atoms with E-state index in [1.165, 1.54) is 0 Å². The van der Waals surface area contributed by atoms with Crippen LogP contribution in [0.4, 0.5) is 0 Å². The molecule has 0 saturated carbocycles. The van der Waals surface area contributed by atoms with Gasteiger partial charge in [0.2, 0.25) is 0 Å². The third-order valence-corrected chi connectivity index (χ3v) is 3.78. The predicted octanol–water partition coefficient (Wildman–Crippen LogP) is 1.62. The Morgan fingerprint density at radius 1 is 1.04 bits per heavy atom. The molecule has 7 nitrogen and oxygen atoms in total. The Hall–Kier alpha value is -3.35. The van der Waals surface area contributed by atoms with Crippen LogP contribution in [0.5, 0.6) is 5.75 Å². The molecular formula is C19H18N2O5. The number of hydrogen-bond donors (Lipinski definition) is 1. The fourth-order valence-corrected chi connectivity index (χ4v) is 2.55. The largest absolute Gasteiger partial charge is 0.490 e. The lowest BCUT2D eigenvalue weighted by molar-refractivity contribution is -0.145. The standard InChI is InChI=1S/C19H18N2O5/c1-13-5-4-6-14(11-13)25-9-10-26-17(22)12-21-19(24)16-8-3-2-7-15(16)18(23)20-21/h2-8,11H,9-10,12H2,1H3,(H,20,23). The number of nitrogens with one attached hydrogen (secondary N) is 1. The second-order valence-electron chi connectivity index (χ2n) is 5.76. The van der Waals surface area contributed by atoms with Gasteiger partial charge in [-0.15, -0.1) is 0 Å². The first-order valence-electron chi connectivity index (χ1n) is 8.11. The molecule has 1 N–H and O–H groups in total. The minimum atomic E-state index is -0.633. The van der Waals surface area contributed by atoms with Crippen molar-refractivity contribution in [2.45, 2.75) is 13.5 Å². The van der Waals surface area contributed by atoms with Crippen molar-refractivity contribution < 1.29 is 14.3 Å². The monoisotopic (exact) mass is 354 g/mol. The van der Waals surface area contributed by atoms with E-state index in [9.17, 15) is 14.4 Å². The smallest absolute Gasteiger partial charge is 0.327 e. The number of hydrogen-bond acceptors (Lipinski definition) is 5. The number of fused-ring (bicyclic) bond motifs is 1. The molecule has 0 bridgehead atoms. The van der Waals surface area contributed by atoms with E-state index in [2.05, 4.69) is 5.10 Å². The first-order chi connectivity index (χ1) is 12.5. The van der Waals surface area contributed by atoms with E-state index in [1.807, 2.05) is 31.2 Å². The number of ether oxygens (including phenoxy) is 2. The molecular weight excluding hydrogens is 336 g/mol. The van der Waals surface area contributed by atoms with Gasteiger partial charge in [0.25, 0.3) is 11.1 Å². The first-order valence-corrected chi connectivity index (χ1v) is 8.11. The Kier molecular flexibility index (Phi) is 5.17. The van der Waals surface area contributed by atoms with Gasteiger partial charge in [-0.2, -0.15) is 0 Å². The molecule has 0 saturated heterocycles. The molecule has 0 amide bonds. The third-order valence-electron chi connectivity index (χ3n) is 3.78. The van der Waals surface area contributed by atoms with Gasteiger partial charge in [0, 0.05) is 0 Å². The van der Waals surface area contributed by atoms with Crippen molar-refractivity contribution in [3.8, 4) is 5.75 Å². The highest BCUT2D eigenvalue weighted by Gasteiger charge is 2.11. The number of aromatic amines is 1. The maximum absolute atomic E-state index is 12.3. The summed E-state index contributed by atoms with van der Waals surface area (Å²) < 4.78 is 11.5. The molecule has 0 aliphatic carbocycles. The van der Waals surface area contributed by atoms with Crippen molar-refractivity contribution in [3.05, 3.63) is 74.8 Å². The van der Waals surface area contributed by atoms with Gasteiger partial charge < -0.3 is 9.47 Å². The van der Waals surface area contributed by atoms with Gasteiger partial charge in [-0.3, -0.25) is 19.5 Å². The second kappa shape index (κ2) is 7.69. The number of carbonyl (C=O) groups is 1. The van der Waals surface area contributed by atoms with Crippen LogP contribution in [0.2, 0.25) is 0 Å². The summed E-state index contributed by atoms with van der Waals surface area (Å²) in [4.78, 5) is 36.2. The fraction of sp³-hybridized carbons (Fsp3) is 0.211. The minimum absolute atomic E-state index is 0.0410. The summed E-state index contributed by atoms with van der Waals surface area (Å²) in [6.07, 6.45) is 0. The summed E-state index contributed by atoms with van der Waals surface area (Å²) in [6.45, 7) is 1.82. The molecule has 0 spiro atoms. The van der Waals surface area contributed by atoms with Crippen molar-refractivity contribution in [2.75, 3.05) is 13.2 Å². The van der Waals surface area contributed by atoms with Crippen molar-refractivity contribution in [1.82, 2.24) is 9.78 Å². The van der Waals surface area contributed by atoms with Gasteiger partial charge >= 0.3 is 5.97 Å². The average Bonchev–Trinajstić information content (AvgIpc) is 2.63. The topological polar surface area (TPSA) is 90.4 Å². The van der Waals surface area contributed by atoms with Crippen LogP contribution in [-0.4, -0.2) is 29.0 Å². The van der Waals surface area contributed by atoms with Crippen molar-refractivity contribution in [3.63, 3.8) is 0 Å². The molecule has 26 heavy (non-hydrogen) atoms. The summed E-state index contributed by atoms with van der Waals surface area (Å²) in [5.41, 5.74) is 0.183.